The van der Waals surface area contributed by atoms with Crippen molar-refractivity contribution in [3.8, 4) is 11.5 Å². The molecule has 8 nitrogen and oxygen atoms in total. The molecule has 1 fully saturated rings. The maximum absolute atomic E-state index is 13.4. The highest BCUT2D eigenvalue weighted by molar-refractivity contribution is 5.79. The van der Waals surface area contributed by atoms with Gasteiger partial charge >= 0.3 is 5.97 Å². The minimum Gasteiger partial charge on any atom is -0.481 e. The lowest BCUT2D eigenvalue weighted by Gasteiger charge is -2.35. The number of benzene rings is 1. The van der Waals surface area contributed by atoms with Crippen molar-refractivity contribution in [2.45, 2.75) is 78.2 Å². The van der Waals surface area contributed by atoms with Crippen molar-refractivity contribution in [2.24, 2.45) is 11.3 Å². The van der Waals surface area contributed by atoms with E-state index in [1.165, 1.54) is 0 Å². The van der Waals surface area contributed by atoms with Crippen LogP contribution in [0.25, 0.3) is 0 Å². The van der Waals surface area contributed by atoms with Crippen molar-refractivity contribution in [2.75, 3.05) is 39.6 Å². The van der Waals surface area contributed by atoms with Gasteiger partial charge in [-0.05, 0) is 48.8 Å². The third-order valence-corrected chi connectivity index (χ3v) is 7.61. The first-order chi connectivity index (χ1) is 17.2. The summed E-state index contributed by atoms with van der Waals surface area (Å²) in [5, 5.41) is 19.7. The van der Waals surface area contributed by atoms with Crippen LogP contribution >= 0.6 is 0 Å². The first-order valence-corrected chi connectivity index (χ1v) is 13.5. The van der Waals surface area contributed by atoms with Crippen LogP contribution in [-0.4, -0.2) is 77.5 Å². The Bertz CT molecular complexity index is 881. The largest absolute Gasteiger partial charge is 0.481 e. The second-order valence-electron chi connectivity index (χ2n) is 11.0. The van der Waals surface area contributed by atoms with Gasteiger partial charge in [-0.25, -0.2) is 0 Å². The predicted octanol–water partition coefficient (Wildman–Crippen LogP) is 4.11. The SMILES string of the molecule is CCCCN(CCCO)C(=O)CN1C[C@H](c2ccc3c(c2)OCO3)C(C(=O)O)[C@@H]1CC(C)(C)CCC. The van der Waals surface area contributed by atoms with Crippen LogP contribution in [-0.2, 0) is 9.59 Å². The van der Waals surface area contributed by atoms with Crippen molar-refractivity contribution in [1.29, 1.82) is 0 Å². The number of aliphatic hydroxyl groups excluding tert-OH is 1. The Morgan fingerprint density at radius 1 is 1.11 bits per heavy atom. The number of amides is 1. The summed E-state index contributed by atoms with van der Waals surface area (Å²) in [6, 6.07) is 5.43. The van der Waals surface area contributed by atoms with Gasteiger partial charge in [-0.1, -0.05) is 46.6 Å². The smallest absolute Gasteiger partial charge is 0.308 e. The molecule has 1 unspecified atom stereocenters. The lowest BCUT2D eigenvalue weighted by molar-refractivity contribution is -0.144. The van der Waals surface area contributed by atoms with E-state index in [0.29, 0.717) is 44.0 Å². The summed E-state index contributed by atoms with van der Waals surface area (Å²) in [5.41, 5.74) is 0.861. The van der Waals surface area contributed by atoms with Crippen molar-refractivity contribution in [1.82, 2.24) is 9.80 Å². The number of carbonyl (C=O) groups is 2. The van der Waals surface area contributed by atoms with Gasteiger partial charge in [-0.15, -0.1) is 0 Å². The molecule has 3 rings (SSSR count). The van der Waals surface area contributed by atoms with Gasteiger partial charge in [0.1, 0.15) is 0 Å². The minimum atomic E-state index is -0.826. The lowest BCUT2D eigenvalue weighted by atomic mass is 9.76. The highest BCUT2D eigenvalue weighted by Gasteiger charge is 2.48. The van der Waals surface area contributed by atoms with Gasteiger partial charge in [0, 0.05) is 38.2 Å². The molecule has 0 spiro atoms. The number of carboxylic acid groups (broad SMARTS) is 1. The molecule has 2 aliphatic rings. The van der Waals surface area contributed by atoms with E-state index in [0.717, 1.165) is 31.2 Å². The maximum atomic E-state index is 13.4. The van der Waals surface area contributed by atoms with Crippen LogP contribution in [0.3, 0.4) is 0 Å². The zero-order valence-electron chi connectivity index (χ0n) is 22.4. The Hall–Kier alpha value is -2.32. The number of aliphatic carboxylic acids is 1. The summed E-state index contributed by atoms with van der Waals surface area (Å²) >= 11 is 0. The quantitative estimate of drug-likeness (QED) is 0.393. The molecule has 1 amide bonds. The fourth-order valence-electron chi connectivity index (χ4n) is 5.82. The van der Waals surface area contributed by atoms with E-state index in [1.54, 1.807) is 0 Å². The number of aliphatic hydroxyl groups is 1. The van der Waals surface area contributed by atoms with Crippen LogP contribution in [0.5, 0.6) is 11.5 Å². The molecule has 1 saturated heterocycles. The molecule has 8 heteroatoms. The predicted molar refractivity (Wildman–Crippen MR) is 138 cm³/mol. The van der Waals surface area contributed by atoms with Gasteiger partial charge in [-0.3, -0.25) is 14.5 Å². The number of carboxylic acids is 1. The van der Waals surface area contributed by atoms with Crippen molar-refractivity contribution in [3.63, 3.8) is 0 Å². The summed E-state index contributed by atoms with van der Waals surface area (Å²) in [7, 11) is 0. The van der Waals surface area contributed by atoms with Crippen LogP contribution in [0.2, 0.25) is 0 Å². The highest BCUT2D eigenvalue weighted by atomic mass is 16.7. The number of ether oxygens (including phenoxy) is 2. The van der Waals surface area contributed by atoms with Gasteiger partial charge < -0.3 is 24.6 Å². The Balaban J connectivity index is 1.90. The Kier molecular flexibility index (Phi) is 10.0. The first-order valence-electron chi connectivity index (χ1n) is 13.5. The third kappa shape index (κ3) is 6.91. The number of hydrogen-bond donors (Lipinski definition) is 2. The molecule has 0 aliphatic carbocycles. The molecule has 0 saturated carbocycles. The number of carbonyl (C=O) groups excluding carboxylic acids is 1. The van der Waals surface area contributed by atoms with Crippen molar-refractivity contribution in [3.05, 3.63) is 23.8 Å². The average Bonchev–Trinajstić information content (AvgIpc) is 3.43. The second kappa shape index (κ2) is 12.8. The van der Waals surface area contributed by atoms with Crippen LogP contribution in [0.15, 0.2) is 18.2 Å². The molecular weight excluding hydrogens is 460 g/mol. The molecule has 202 valence electrons. The lowest BCUT2D eigenvalue weighted by Crippen LogP contribution is -2.46. The van der Waals surface area contributed by atoms with Crippen LogP contribution in [0.4, 0.5) is 0 Å². The van der Waals surface area contributed by atoms with Gasteiger partial charge in [0.25, 0.3) is 0 Å². The van der Waals surface area contributed by atoms with E-state index in [4.69, 9.17) is 9.47 Å². The molecule has 1 aromatic carbocycles. The highest BCUT2D eigenvalue weighted by Crippen LogP contribution is 2.45. The van der Waals surface area contributed by atoms with Gasteiger partial charge in [0.05, 0.1) is 12.5 Å². The van der Waals surface area contributed by atoms with E-state index in [2.05, 4.69) is 32.6 Å². The monoisotopic (exact) mass is 504 g/mol. The number of nitrogens with zero attached hydrogens (tertiary/aromatic N) is 2. The van der Waals surface area contributed by atoms with E-state index in [1.807, 2.05) is 23.1 Å². The summed E-state index contributed by atoms with van der Waals surface area (Å²) in [4.78, 5) is 30.1. The van der Waals surface area contributed by atoms with E-state index >= 15 is 0 Å². The minimum absolute atomic E-state index is 0.00525. The number of hydrogen-bond acceptors (Lipinski definition) is 6. The number of likely N-dealkylation sites (tertiary alicyclic amines) is 1. The zero-order valence-corrected chi connectivity index (χ0v) is 22.4. The summed E-state index contributed by atoms with van der Waals surface area (Å²) in [6.45, 7) is 10.7. The molecular formula is C28H44N2O6. The molecule has 2 heterocycles. The van der Waals surface area contributed by atoms with Gasteiger partial charge in [-0.2, -0.15) is 0 Å². The molecule has 0 bridgehead atoms. The first kappa shape index (κ1) is 28.3. The fourth-order valence-corrected chi connectivity index (χ4v) is 5.82. The third-order valence-electron chi connectivity index (χ3n) is 7.61. The zero-order chi connectivity index (χ0) is 26.3. The molecule has 1 aromatic rings. The van der Waals surface area contributed by atoms with Crippen molar-refractivity contribution < 1.29 is 29.3 Å². The number of rotatable bonds is 14. The number of unbranched alkanes of at least 4 members (excludes halogenated alkanes) is 1. The average molecular weight is 505 g/mol. The maximum Gasteiger partial charge on any atom is 0.308 e. The van der Waals surface area contributed by atoms with E-state index in [9.17, 15) is 19.8 Å². The summed E-state index contributed by atoms with van der Waals surface area (Å²) in [5.74, 6) is -0.390. The summed E-state index contributed by atoms with van der Waals surface area (Å²) in [6.07, 6.45) is 5.15. The summed E-state index contributed by atoms with van der Waals surface area (Å²) < 4.78 is 11.0. The molecule has 0 aromatic heterocycles. The van der Waals surface area contributed by atoms with Gasteiger partial charge in [0.15, 0.2) is 11.5 Å². The van der Waals surface area contributed by atoms with Crippen LogP contribution in [0, 0.1) is 11.3 Å². The van der Waals surface area contributed by atoms with Gasteiger partial charge in [0.2, 0.25) is 12.7 Å². The topological polar surface area (TPSA) is 99.5 Å². The molecule has 36 heavy (non-hydrogen) atoms. The fraction of sp³-hybridized carbons (Fsp3) is 0.714. The van der Waals surface area contributed by atoms with Crippen LogP contribution in [0.1, 0.15) is 77.7 Å². The Labute approximate surface area is 215 Å². The molecule has 2 N–H and O–H groups in total. The van der Waals surface area contributed by atoms with Crippen molar-refractivity contribution >= 4 is 11.9 Å². The molecule has 2 aliphatic heterocycles. The Morgan fingerprint density at radius 3 is 2.50 bits per heavy atom. The molecule has 0 radical (unpaired) electrons. The normalized spacial score (nSPS) is 21.6. The second-order valence-corrected chi connectivity index (χ2v) is 11.0. The van der Waals surface area contributed by atoms with Crippen LogP contribution < -0.4 is 9.47 Å². The van der Waals surface area contributed by atoms with E-state index < -0.39 is 11.9 Å². The Morgan fingerprint density at radius 2 is 1.83 bits per heavy atom. The number of fused-ring (bicyclic) bond motifs is 1. The molecule has 3 atom stereocenters. The van der Waals surface area contributed by atoms with E-state index in [-0.39, 0.29) is 43.2 Å². The standard InChI is InChI=1S/C28H44N2O6/c1-5-7-12-29(13-8-14-31)25(32)18-30-17-21(20-9-10-23-24(15-20)36-19-35-23)26(27(33)34)22(30)16-28(3,4)11-6-2/h9-10,15,21-22,26,31H,5-8,11-14,16-19H2,1-4H3,(H,33,34)/t21-,22+,26?/m1/s1.